The van der Waals surface area contributed by atoms with Crippen molar-refractivity contribution >= 4 is 11.9 Å². The van der Waals surface area contributed by atoms with Crippen molar-refractivity contribution in [3.63, 3.8) is 0 Å². The number of nitrogens with one attached hydrogen (secondary N) is 1. The van der Waals surface area contributed by atoms with Crippen molar-refractivity contribution < 1.29 is 14.3 Å². The van der Waals surface area contributed by atoms with Crippen molar-refractivity contribution in [3.8, 4) is 0 Å². The van der Waals surface area contributed by atoms with E-state index in [2.05, 4.69) is 24.4 Å². The lowest BCUT2D eigenvalue weighted by molar-refractivity contribution is -0.146. The largest absolute Gasteiger partial charge is 0.464 e. The van der Waals surface area contributed by atoms with E-state index in [0.717, 1.165) is 12.8 Å². The molecule has 0 aliphatic carbocycles. The predicted molar refractivity (Wildman–Crippen MR) is 88.5 cm³/mol. The first-order valence-electron chi connectivity index (χ1n) is 8.85. The van der Waals surface area contributed by atoms with Crippen molar-refractivity contribution in [2.45, 2.75) is 83.6 Å². The summed E-state index contributed by atoms with van der Waals surface area (Å²) in [5, 5.41) is 2.63. The maximum atomic E-state index is 11.6. The first-order chi connectivity index (χ1) is 10.7. The van der Waals surface area contributed by atoms with Gasteiger partial charge in [-0.3, -0.25) is 4.79 Å². The van der Waals surface area contributed by atoms with Gasteiger partial charge in [0.05, 0.1) is 6.61 Å². The molecule has 1 amide bonds. The summed E-state index contributed by atoms with van der Waals surface area (Å²) in [6, 6.07) is -0.409. The molecule has 4 nitrogen and oxygen atoms in total. The Hall–Kier alpha value is -1.32. The van der Waals surface area contributed by atoms with Crippen LogP contribution in [-0.2, 0) is 14.3 Å². The number of carbonyl (C=O) groups is 2. The second-order valence-corrected chi connectivity index (χ2v) is 6.00. The van der Waals surface area contributed by atoms with Crippen LogP contribution in [0.2, 0.25) is 0 Å². The van der Waals surface area contributed by atoms with E-state index in [4.69, 9.17) is 4.74 Å². The minimum absolute atomic E-state index is 0.0495. The zero-order valence-electron chi connectivity index (χ0n) is 13.9. The maximum Gasteiger partial charge on any atom is 0.328 e. The van der Waals surface area contributed by atoms with Gasteiger partial charge in [0.25, 0.3) is 0 Å². The summed E-state index contributed by atoms with van der Waals surface area (Å²) in [5.41, 5.74) is 0. The smallest absolute Gasteiger partial charge is 0.328 e. The van der Waals surface area contributed by atoms with Crippen LogP contribution >= 0.6 is 0 Å². The number of hydrogen-bond acceptors (Lipinski definition) is 3. The zero-order valence-corrected chi connectivity index (χ0v) is 13.9. The van der Waals surface area contributed by atoms with Gasteiger partial charge in [-0.1, -0.05) is 51.2 Å². The van der Waals surface area contributed by atoms with Gasteiger partial charge in [-0.05, 0) is 32.1 Å². The van der Waals surface area contributed by atoms with Crippen molar-refractivity contribution in [3.05, 3.63) is 12.2 Å². The van der Waals surface area contributed by atoms with E-state index < -0.39 is 6.04 Å². The third-order valence-electron chi connectivity index (χ3n) is 3.91. The Balaban J connectivity index is 1.83. The number of amides is 1. The molecule has 4 heteroatoms. The van der Waals surface area contributed by atoms with Crippen LogP contribution in [0.5, 0.6) is 0 Å². The molecule has 0 radical (unpaired) electrons. The summed E-state index contributed by atoms with van der Waals surface area (Å²) in [6.45, 7) is 2.68. The highest BCUT2D eigenvalue weighted by atomic mass is 16.5. The first-order valence-corrected chi connectivity index (χ1v) is 8.85. The highest BCUT2D eigenvalue weighted by Gasteiger charge is 2.28. The van der Waals surface area contributed by atoms with Crippen LogP contribution in [0.3, 0.4) is 0 Å². The van der Waals surface area contributed by atoms with Crippen LogP contribution in [0.1, 0.15) is 77.6 Å². The number of ether oxygens (including phenoxy) is 1. The average Bonchev–Trinajstić information content (AvgIpc) is 2.95. The van der Waals surface area contributed by atoms with Gasteiger partial charge in [-0.2, -0.15) is 0 Å². The average molecular weight is 309 g/mol. The van der Waals surface area contributed by atoms with E-state index in [1.54, 1.807) is 0 Å². The molecule has 0 unspecified atom stereocenters. The van der Waals surface area contributed by atoms with Crippen molar-refractivity contribution in [1.82, 2.24) is 5.32 Å². The third kappa shape index (κ3) is 8.85. The Kier molecular flexibility index (Phi) is 10.4. The molecule has 22 heavy (non-hydrogen) atoms. The van der Waals surface area contributed by atoms with Gasteiger partial charge < -0.3 is 10.1 Å². The van der Waals surface area contributed by atoms with Gasteiger partial charge >= 0.3 is 5.97 Å². The summed E-state index contributed by atoms with van der Waals surface area (Å²) < 4.78 is 5.19. The van der Waals surface area contributed by atoms with Crippen molar-refractivity contribution in [1.29, 1.82) is 0 Å². The monoisotopic (exact) mass is 309 g/mol. The number of allylic oxidation sites excluding steroid dienone is 2. The highest BCUT2D eigenvalue weighted by Crippen LogP contribution is 2.10. The number of unbranched alkanes of at least 4 members (excludes halogenated alkanes) is 7. The quantitative estimate of drug-likeness (QED) is 0.338. The lowest BCUT2D eigenvalue weighted by Gasteiger charge is -2.09. The van der Waals surface area contributed by atoms with E-state index >= 15 is 0 Å². The Morgan fingerprint density at radius 2 is 1.82 bits per heavy atom. The summed E-state index contributed by atoms with van der Waals surface area (Å²) in [4.78, 5) is 22.6. The topological polar surface area (TPSA) is 55.4 Å². The molecule has 1 fully saturated rings. The second kappa shape index (κ2) is 12.2. The van der Waals surface area contributed by atoms with E-state index in [1.165, 1.54) is 44.9 Å². The molecule has 1 N–H and O–H groups in total. The molecule has 126 valence electrons. The summed E-state index contributed by atoms with van der Waals surface area (Å²) >= 11 is 0. The molecule has 1 saturated heterocycles. The molecule has 1 rings (SSSR count). The van der Waals surface area contributed by atoms with Crippen LogP contribution in [-0.4, -0.2) is 24.5 Å². The molecule has 0 spiro atoms. The van der Waals surface area contributed by atoms with Gasteiger partial charge in [0.2, 0.25) is 5.91 Å². The van der Waals surface area contributed by atoms with Crippen LogP contribution in [0.4, 0.5) is 0 Å². The summed E-state index contributed by atoms with van der Waals surface area (Å²) in [5.74, 6) is -0.323. The van der Waals surface area contributed by atoms with E-state index in [1.807, 2.05) is 0 Å². The molecule has 1 aliphatic rings. The second-order valence-electron chi connectivity index (χ2n) is 6.00. The minimum Gasteiger partial charge on any atom is -0.464 e. The van der Waals surface area contributed by atoms with Crippen LogP contribution in [0, 0.1) is 0 Å². The van der Waals surface area contributed by atoms with Gasteiger partial charge in [-0.15, -0.1) is 0 Å². The maximum absolute atomic E-state index is 11.6. The zero-order chi connectivity index (χ0) is 16.0. The minimum atomic E-state index is -0.409. The predicted octanol–water partition coefficient (Wildman–Crippen LogP) is 3.90. The Morgan fingerprint density at radius 1 is 1.14 bits per heavy atom. The number of rotatable bonds is 12. The molecule has 0 aromatic heterocycles. The van der Waals surface area contributed by atoms with Gasteiger partial charge in [0.1, 0.15) is 6.04 Å². The highest BCUT2D eigenvalue weighted by molar-refractivity contribution is 5.87. The molecule has 0 bridgehead atoms. The number of hydrogen-bond donors (Lipinski definition) is 1. The van der Waals surface area contributed by atoms with Gasteiger partial charge in [0, 0.05) is 6.42 Å². The molecular weight excluding hydrogens is 278 g/mol. The molecular formula is C18H31NO3. The summed E-state index contributed by atoms with van der Waals surface area (Å²) in [7, 11) is 0. The summed E-state index contributed by atoms with van der Waals surface area (Å²) in [6.07, 6.45) is 16.3. The Bertz CT molecular complexity index is 352. The fourth-order valence-corrected chi connectivity index (χ4v) is 2.54. The number of carbonyl (C=O) groups excluding carboxylic acids is 2. The van der Waals surface area contributed by atoms with Crippen molar-refractivity contribution in [2.24, 2.45) is 0 Å². The standard InChI is InChI=1S/C18H31NO3/c1-2-3-4-5-6-7-8-9-10-11-12-15-22-18(21)16-13-14-17(20)19-16/h4-5,16H,2-3,6-15H2,1H3,(H,19,20)/b5-4+/t16-/m0/s1. The van der Waals surface area contributed by atoms with Crippen LogP contribution in [0.15, 0.2) is 12.2 Å². The van der Waals surface area contributed by atoms with Crippen LogP contribution in [0.25, 0.3) is 0 Å². The Morgan fingerprint density at radius 3 is 2.50 bits per heavy atom. The number of esters is 1. The molecule has 0 aromatic rings. The van der Waals surface area contributed by atoms with E-state index in [-0.39, 0.29) is 11.9 Å². The van der Waals surface area contributed by atoms with Crippen molar-refractivity contribution in [2.75, 3.05) is 6.61 Å². The lowest BCUT2D eigenvalue weighted by atomic mass is 10.1. The van der Waals surface area contributed by atoms with Crippen LogP contribution < -0.4 is 5.32 Å². The Labute approximate surface area is 134 Å². The molecule has 1 aliphatic heterocycles. The third-order valence-corrected chi connectivity index (χ3v) is 3.91. The lowest BCUT2D eigenvalue weighted by Crippen LogP contribution is -2.34. The molecule has 1 heterocycles. The molecule has 0 aromatic carbocycles. The van der Waals surface area contributed by atoms with Gasteiger partial charge in [-0.25, -0.2) is 4.79 Å². The van der Waals surface area contributed by atoms with Gasteiger partial charge in [0.15, 0.2) is 0 Å². The fourth-order valence-electron chi connectivity index (χ4n) is 2.54. The molecule has 0 saturated carbocycles. The SMILES string of the molecule is CCC/C=C/CCCCCCCCOC(=O)[C@@H]1CCC(=O)N1. The fraction of sp³-hybridized carbons (Fsp3) is 0.778. The first kappa shape index (κ1) is 18.7. The van der Waals surface area contributed by atoms with E-state index in [9.17, 15) is 9.59 Å². The van der Waals surface area contributed by atoms with E-state index in [0.29, 0.717) is 19.4 Å². The normalized spacial score (nSPS) is 17.9. The molecule has 1 atom stereocenters.